The first-order valence-electron chi connectivity index (χ1n) is 6.80. The number of rotatable bonds is 6. The van der Waals surface area contributed by atoms with E-state index >= 15 is 0 Å². The predicted molar refractivity (Wildman–Crippen MR) is 76.9 cm³/mol. The van der Waals surface area contributed by atoms with Crippen LogP contribution in [-0.2, 0) is 14.3 Å². The molecule has 0 saturated carbocycles. The summed E-state index contributed by atoms with van der Waals surface area (Å²) < 4.78 is 4.95. The van der Waals surface area contributed by atoms with Crippen molar-refractivity contribution in [2.45, 2.75) is 32.9 Å². The van der Waals surface area contributed by atoms with Gasteiger partial charge in [-0.25, -0.2) is 4.79 Å². The number of hydrogen-bond acceptors (Lipinski definition) is 4. The topological polar surface area (TPSA) is 72.6 Å². The van der Waals surface area contributed by atoms with Crippen LogP contribution in [0, 0.1) is 0 Å². The van der Waals surface area contributed by atoms with Crippen molar-refractivity contribution in [3.05, 3.63) is 35.9 Å². The Bertz CT molecular complexity index is 448. The molecule has 0 aliphatic carbocycles. The summed E-state index contributed by atoms with van der Waals surface area (Å²) in [7, 11) is 0. The van der Waals surface area contributed by atoms with Crippen molar-refractivity contribution in [1.82, 2.24) is 4.90 Å². The number of carbonyl (C=O) groups is 2. The molecule has 20 heavy (non-hydrogen) atoms. The van der Waals surface area contributed by atoms with Gasteiger partial charge in [-0.2, -0.15) is 0 Å². The third-order valence-electron chi connectivity index (χ3n) is 3.14. The van der Waals surface area contributed by atoms with Crippen LogP contribution in [0.2, 0.25) is 0 Å². The van der Waals surface area contributed by atoms with Crippen LogP contribution in [-0.4, -0.2) is 36.0 Å². The van der Waals surface area contributed by atoms with Crippen molar-refractivity contribution in [2.24, 2.45) is 5.73 Å². The number of esters is 1. The number of ether oxygens (including phenoxy) is 1. The fraction of sp³-hybridized carbons (Fsp3) is 0.467. The second kappa shape index (κ2) is 7.65. The minimum absolute atomic E-state index is 0.278. The second-order valence-electron chi connectivity index (χ2n) is 4.44. The van der Waals surface area contributed by atoms with Gasteiger partial charge in [-0.1, -0.05) is 30.3 Å². The zero-order valence-corrected chi connectivity index (χ0v) is 12.2. The first-order valence-corrected chi connectivity index (χ1v) is 6.80. The summed E-state index contributed by atoms with van der Waals surface area (Å²) in [5, 5.41) is 0. The lowest BCUT2D eigenvalue weighted by molar-refractivity contribution is -0.154. The lowest BCUT2D eigenvalue weighted by atomic mass is 10.1. The first-order chi connectivity index (χ1) is 9.52. The second-order valence-corrected chi connectivity index (χ2v) is 4.44. The van der Waals surface area contributed by atoms with Gasteiger partial charge in [0.1, 0.15) is 12.1 Å². The summed E-state index contributed by atoms with van der Waals surface area (Å²) in [6, 6.07) is 7.70. The number of carbonyl (C=O) groups excluding carboxylic acids is 2. The molecule has 0 radical (unpaired) electrons. The average molecular weight is 278 g/mol. The molecule has 0 aromatic heterocycles. The number of likely N-dealkylation sites (N-methyl/N-ethyl adjacent to an activating group) is 1. The molecule has 1 aromatic carbocycles. The zero-order valence-electron chi connectivity index (χ0n) is 12.2. The summed E-state index contributed by atoms with van der Waals surface area (Å²) in [6.07, 6.45) is 0. The maximum Gasteiger partial charge on any atom is 0.328 e. The van der Waals surface area contributed by atoms with Crippen LogP contribution >= 0.6 is 0 Å². The van der Waals surface area contributed by atoms with Crippen LogP contribution in [0.25, 0.3) is 0 Å². The summed E-state index contributed by atoms with van der Waals surface area (Å²) in [5.74, 6) is -0.692. The average Bonchev–Trinajstić information content (AvgIpc) is 2.48. The quantitative estimate of drug-likeness (QED) is 0.800. The van der Waals surface area contributed by atoms with E-state index in [0.29, 0.717) is 13.2 Å². The Kier molecular flexibility index (Phi) is 6.18. The number of nitrogens with zero attached hydrogens (tertiary/aromatic N) is 1. The van der Waals surface area contributed by atoms with E-state index < -0.39 is 18.1 Å². The van der Waals surface area contributed by atoms with Crippen LogP contribution in [0.4, 0.5) is 0 Å². The van der Waals surface area contributed by atoms with E-state index in [2.05, 4.69) is 0 Å². The smallest absolute Gasteiger partial charge is 0.328 e. The van der Waals surface area contributed by atoms with Gasteiger partial charge in [0.05, 0.1) is 6.61 Å². The van der Waals surface area contributed by atoms with Crippen LogP contribution < -0.4 is 5.73 Å². The lowest BCUT2D eigenvalue weighted by Crippen LogP contribution is -2.47. The van der Waals surface area contributed by atoms with Crippen molar-refractivity contribution in [3.63, 3.8) is 0 Å². The Morgan fingerprint density at radius 1 is 1.25 bits per heavy atom. The highest BCUT2D eigenvalue weighted by atomic mass is 16.5. The Labute approximate surface area is 119 Å². The Morgan fingerprint density at radius 2 is 1.85 bits per heavy atom. The maximum atomic E-state index is 12.4. The maximum absolute atomic E-state index is 12.4. The predicted octanol–water partition coefficient (Wildman–Crippen LogP) is 1.49. The van der Waals surface area contributed by atoms with Gasteiger partial charge in [-0.15, -0.1) is 0 Å². The standard InChI is InChI=1S/C15H22N2O3/c1-4-17(11(3)15(19)20-5-2)14(18)13(16)12-9-7-6-8-10-12/h6-11,13H,4-5,16H2,1-3H3/t11-,13-/m0/s1. The Hall–Kier alpha value is -1.88. The SMILES string of the molecule is CCOC(=O)[C@H](C)N(CC)C(=O)[C@@H](N)c1ccccc1. The minimum atomic E-state index is -0.770. The van der Waals surface area contributed by atoms with E-state index in [1.54, 1.807) is 26.0 Å². The molecule has 2 N–H and O–H groups in total. The fourth-order valence-electron chi connectivity index (χ4n) is 1.99. The van der Waals surface area contributed by atoms with Gasteiger partial charge in [0.15, 0.2) is 0 Å². The highest BCUT2D eigenvalue weighted by molar-refractivity contribution is 5.88. The van der Waals surface area contributed by atoms with Gasteiger partial charge in [0.2, 0.25) is 5.91 Å². The molecular weight excluding hydrogens is 256 g/mol. The highest BCUT2D eigenvalue weighted by Crippen LogP contribution is 2.15. The van der Waals surface area contributed by atoms with E-state index in [4.69, 9.17) is 10.5 Å². The van der Waals surface area contributed by atoms with E-state index in [0.717, 1.165) is 5.56 Å². The lowest BCUT2D eigenvalue weighted by Gasteiger charge is -2.29. The molecule has 2 atom stereocenters. The molecule has 1 aromatic rings. The monoisotopic (exact) mass is 278 g/mol. The van der Waals surface area contributed by atoms with Crippen LogP contribution in [0.3, 0.4) is 0 Å². The van der Waals surface area contributed by atoms with Gasteiger partial charge < -0.3 is 15.4 Å². The van der Waals surface area contributed by atoms with Gasteiger partial charge in [-0.3, -0.25) is 4.79 Å². The third kappa shape index (κ3) is 3.81. The largest absolute Gasteiger partial charge is 0.464 e. The zero-order chi connectivity index (χ0) is 15.1. The minimum Gasteiger partial charge on any atom is -0.464 e. The van der Waals surface area contributed by atoms with Crippen molar-refractivity contribution in [3.8, 4) is 0 Å². The van der Waals surface area contributed by atoms with Crippen LogP contribution in [0.5, 0.6) is 0 Å². The van der Waals surface area contributed by atoms with E-state index in [-0.39, 0.29) is 5.91 Å². The number of amides is 1. The Balaban J connectivity index is 2.84. The van der Waals surface area contributed by atoms with Crippen molar-refractivity contribution in [1.29, 1.82) is 0 Å². The summed E-state index contributed by atoms with van der Waals surface area (Å²) >= 11 is 0. The highest BCUT2D eigenvalue weighted by Gasteiger charge is 2.29. The molecular formula is C15H22N2O3. The molecule has 5 nitrogen and oxygen atoms in total. The van der Waals surface area contributed by atoms with Crippen LogP contribution in [0.1, 0.15) is 32.4 Å². The fourth-order valence-corrected chi connectivity index (χ4v) is 1.99. The molecule has 0 fully saturated rings. The molecule has 5 heteroatoms. The molecule has 0 spiro atoms. The van der Waals surface area contributed by atoms with E-state index in [1.165, 1.54) is 4.90 Å². The van der Waals surface area contributed by atoms with Gasteiger partial charge in [0, 0.05) is 6.54 Å². The molecule has 1 rings (SSSR count). The molecule has 0 heterocycles. The molecule has 0 aliphatic heterocycles. The summed E-state index contributed by atoms with van der Waals surface area (Å²) in [5.41, 5.74) is 6.71. The molecule has 0 saturated heterocycles. The summed E-state index contributed by atoms with van der Waals surface area (Å²) in [4.78, 5) is 25.6. The van der Waals surface area contributed by atoms with Crippen molar-refractivity contribution in [2.75, 3.05) is 13.2 Å². The van der Waals surface area contributed by atoms with Gasteiger partial charge >= 0.3 is 5.97 Å². The third-order valence-corrected chi connectivity index (χ3v) is 3.14. The number of hydrogen-bond donors (Lipinski definition) is 1. The molecule has 1 amide bonds. The van der Waals surface area contributed by atoms with Crippen molar-refractivity contribution < 1.29 is 14.3 Å². The van der Waals surface area contributed by atoms with Gasteiger partial charge in [0.25, 0.3) is 0 Å². The Morgan fingerprint density at radius 3 is 2.35 bits per heavy atom. The molecule has 0 unspecified atom stereocenters. The normalized spacial score (nSPS) is 13.4. The molecule has 0 bridgehead atoms. The van der Waals surface area contributed by atoms with Crippen molar-refractivity contribution >= 4 is 11.9 Å². The molecule has 0 aliphatic rings. The van der Waals surface area contributed by atoms with E-state index in [1.807, 2.05) is 25.1 Å². The van der Waals surface area contributed by atoms with E-state index in [9.17, 15) is 9.59 Å². The van der Waals surface area contributed by atoms with Gasteiger partial charge in [-0.05, 0) is 26.3 Å². The number of nitrogens with two attached hydrogens (primary N) is 1. The molecule has 110 valence electrons. The first kappa shape index (κ1) is 16.2. The summed E-state index contributed by atoms with van der Waals surface area (Å²) in [6.45, 7) is 5.89. The van der Waals surface area contributed by atoms with Crippen LogP contribution in [0.15, 0.2) is 30.3 Å². The number of benzene rings is 1.